The van der Waals surface area contributed by atoms with Crippen LogP contribution in [-0.2, 0) is 0 Å². The molecule has 1 aliphatic rings. The fraction of sp³-hybridized carbons (Fsp3) is 0.444. The fourth-order valence-electron chi connectivity index (χ4n) is 1.56. The van der Waals surface area contributed by atoms with E-state index >= 15 is 0 Å². The molecule has 1 aromatic rings. The molecule has 0 aliphatic heterocycles. The highest BCUT2D eigenvalue weighted by Gasteiger charge is 2.22. The maximum absolute atomic E-state index is 10.7. The number of hydrogen-bond donors (Lipinski definition) is 1. The van der Waals surface area contributed by atoms with Crippen LogP contribution in [0, 0.1) is 0 Å². The zero-order valence-corrected chi connectivity index (χ0v) is 6.73. The Kier molecular flexibility index (Phi) is 1.64. The predicted molar refractivity (Wildman–Crippen MR) is 44.3 cm³/mol. The zero-order valence-electron chi connectivity index (χ0n) is 6.73. The molecule has 1 aromatic heterocycles. The lowest BCUT2D eigenvalue weighted by atomic mass is 9.93. The third kappa shape index (κ3) is 1.02. The molecule has 0 bridgehead atoms. The topological polar surface area (TPSA) is 42.2 Å². The van der Waals surface area contributed by atoms with E-state index in [0.717, 1.165) is 12.8 Å². The lowest BCUT2D eigenvalue weighted by Gasteiger charge is -2.28. The smallest absolute Gasteiger partial charge is 0.352 e. The Labute approximate surface area is 70.6 Å². The van der Waals surface area contributed by atoms with Crippen LogP contribution >= 0.6 is 0 Å². The zero-order chi connectivity index (χ0) is 8.55. The number of carbonyl (C=O) groups is 1. The van der Waals surface area contributed by atoms with Gasteiger partial charge in [0.1, 0.15) is 5.69 Å². The van der Waals surface area contributed by atoms with Crippen LogP contribution < -0.4 is 0 Å². The van der Waals surface area contributed by atoms with Crippen LogP contribution in [0.5, 0.6) is 0 Å². The molecule has 64 valence electrons. The van der Waals surface area contributed by atoms with Crippen LogP contribution in [0.4, 0.5) is 0 Å². The van der Waals surface area contributed by atoms with Crippen LogP contribution in [-0.4, -0.2) is 15.6 Å². The van der Waals surface area contributed by atoms with Gasteiger partial charge < -0.3 is 9.67 Å². The summed E-state index contributed by atoms with van der Waals surface area (Å²) in [5, 5.41) is 8.80. The summed E-state index contributed by atoms with van der Waals surface area (Å²) >= 11 is 0. The quantitative estimate of drug-likeness (QED) is 0.727. The number of hydrogen-bond acceptors (Lipinski definition) is 1. The number of carboxylic acid groups (broad SMARTS) is 1. The summed E-state index contributed by atoms with van der Waals surface area (Å²) in [6, 6.07) is 3.88. The maximum Gasteiger partial charge on any atom is 0.352 e. The summed E-state index contributed by atoms with van der Waals surface area (Å²) in [6.45, 7) is 0. The highest BCUT2D eigenvalue weighted by Crippen LogP contribution is 2.32. The molecule has 1 heterocycles. The molecule has 0 aromatic carbocycles. The van der Waals surface area contributed by atoms with Gasteiger partial charge in [-0.3, -0.25) is 0 Å². The summed E-state index contributed by atoms with van der Waals surface area (Å²) in [7, 11) is 0. The fourth-order valence-corrected chi connectivity index (χ4v) is 1.56. The van der Waals surface area contributed by atoms with Gasteiger partial charge in [-0.05, 0) is 31.4 Å². The van der Waals surface area contributed by atoms with Gasteiger partial charge in [0.05, 0.1) is 0 Å². The van der Waals surface area contributed by atoms with Gasteiger partial charge in [0.25, 0.3) is 0 Å². The van der Waals surface area contributed by atoms with E-state index in [4.69, 9.17) is 5.11 Å². The molecule has 0 unspecified atom stereocenters. The Bertz CT molecular complexity index is 299. The molecule has 3 heteroatoms. The van der Waals surface area contributed by atoms with Crippen LogP contribution in [0.25, 0.3) is 0 Å². The highest BCUT2D eigenvalue weighted by molar-refractivity contribution is 5.85. The third-order valence-corrected chi connectivity index (χ3v) is 2.47. The van der Waals surface area contributed by atoms with Crippen molar-refractivity contribution in [2.24, 2.45) is 0 Å². The Morgan fingerprint density at radius 1 is 1.58 bits per heavy atom. The molecule has 0 saturated heterocycles. The molecule has 12 heavy (non-hydrogen) atoms. The van der Waals surface area contributed by atoms with Crippen molar-refractivity contribution < 1.29 is 9.90 Å². The molecule has 1 saturated carbocycles. The molecular weight excluding hydrogens is 154 g/mol. The van der Waals surface area contributed by atoms with Crippen molar-refractivity contribution in [3.8, 4) is 0 Å². The van der Waals surface area contributed by atoms with Crippen LogP contribution in [0.1, 0.15) is 35.8 Å². The van der Waals surface area contributed by atoms with Crippen molar-refractivity contribution in [1.82, 2.24) is 4.57 Å². The van der Waals surface area contributed by atoms with E-state index in [1.54, 1.807) is 12.1 Å². The van der Waals surface area contributed by atoms with Gasteiger partial charge in [-0.25, -0.2) is 4.79 Å². The molecule has 1 fully saturated rings. The molecule has 1 N–H and O–H groups in total. The molecule has 1 aliphatic carbocycles. The second-order valence-electron chi connectivity index (χ2n) is 3.19. The molecule has 0 atom stereocenters. The summed E-state index contributed by atoms with van der Waals surface area (Å²) in [4.78, 5) is 10.7. The van der Waals surface area contributed by atoms with E-state index in [1.807, 2.05) is 10.8 Å². The van der Waals surface area contributed by atoms with Crippen LogP contribution in [0.2, 0.25) is 0 Å². The third-order valence-electron chi connectivity index (χ3n) is 2.47. The van der Waals surface area contributed by atoms with Crippen molar-refractivity contribution in [2.75, 3.05) is 0 Å². The number of aromatic nitrogens is 1. The first-order chi connectivity index (χ1) is 5.79. The van der Waals surface area contributed by atoms with Gasteiger partial charge in [0.2, 0.25) is 0 Å². The largest absolute Gasteiger partial charge is 0.477 e. The van der Waals surface area contributed by atoms with Crippen molar-refractivity contribution in [2.45, 2.75) is 25.3 Å². The van der Waals surface area contributed by atoms with Crippen LogP contribution in [0.15, 0.2) is 18.3 Å². The van der Waals surface area contributed by atoms with Crippen molar-refractivity contribution in [3.63, 3.8) is 0 Å². The monoisotopic (exact) mass is 165 g/mol. The van der Waals surface area contributed by atoms with Gasteiger partial charge >= 0.3 is 5.97 Å². The summed E-state index contributed by atoms with van der Waals surface area (Å²) in [6.07, 6.45) is 5.32. The number of carboxylic acids is 1. The molecular formula is C9H11NO2. The highest BCUT2D eigenvalue weighted by atomic mass is 16.4. The summed E-state index contributed by atoms with van der Waals surface area (Å²) in [5.41, 5.74) is 0.416. The van der Waals surface area contributed by atoms with Crippen LogP contribution in [0.3, 0.4) is 0 Å². The molecule has 0 spiro atoms. The summed E-state index contributed by atoms with van der Waals surface area (Å²) < 4.78 is 1.87. The first-order valence-corrected chi connectivity index (χ1v) is 4.19. The molecule has 2 rings (SSSR count). The van der Waals surface area contributed by atoms with Gasteiger partial charge in [-0.2, -0.15) is 0 Å². The Balaban J connectivity index is 2.29. The van der Waals surface area contributed by atoms with Gasteiger partial charge in [-0.1, -0.05) is 0 Å². The standard InChI is InChI=1S/C9H11NO2/c11-9(12)8-5-2-6-10(8)7-3-1-4-7/h2,5-7H,1,3-4H2,(H,11,12). The first-order valence-electron chi connectivity index (χ1n) is 4.19. The lowest BCUT2D eigenvalue weighted by Crippen LogP contribution is -2.20. The summed E-state index contributed by atoms with van der Waals surface area (Å²) in [5.74, 6) is -0.827. The number of rotatable bonds is 2. The number of nitrogens with zero attached hydrogens (tertiary/aromatic N) is 1. The van der Waals surface area contributed by atoms with Gasteiger partial charge in [0, 0.05) is 12.2 Å². The molecule has 0 amide bonds. The van der Waals surface area contributed by atoms with E-state index in [-0.39, 0.29) is 0 Å². The average molecular weight is 165 g/mol. The normalized spacial score (nSPS) is 17.3. The average Bonchev–Trinajstić information content (AvgIpc) is 2.31. The SMILES string of the molecule is O=C(O)c1cccn1C1CCC1. The Morgan fingerprint density at radius 2 is 2.33 bits per heavy atom. The second kappa shape index (κ2) is 2.66. The minimum atomic E-state index is -0.827. The second-order valence-corrected chi connectivity index (χ2v) is 3.19. The van der Waals surface area contributed by atoms with E-state index in [1.165, 1.54) is 6.42 Å². The predicted octanol–water partition coefficient (Wildman–Crippen LogP) is 1.91. The minimum Gasteiger partial charge on any atom is -0.477 e. The maximum atomic E-state index is 10.7. The lowest BCUT2D eigenvalue weighted by molar-refractivity contribution is 0.0679. The molecule has 0 radical (unpaired) electrons. The number of aromatic carboxylic acids is 1. The van der Waals surface area contributed by atoms with E-state index < -0.39 is 5.97 Å². The van der Waals surface area contributed by atoms with E-state index in [2.05, 4.69) is 0 Å². The Hall–Kier alpha value is -1.25. The Morgan fingerprint density at radius 3 is 2.83 bits per heavy atom. The first kappa shape index (κ1) is 7.40. The van der Waals surface area contributed by atoms with Crippen molar-refractivity contribution in [1.29, 1.82) is 0 Å². The van der Waals surface area contributed by atoms with Gasteiger partial charge in [0.15, 0.2) is 0 Å². The molecule has 3 nitrogen and oxygen atoms in total. The van der Waals surface area contributed by atoms with E-state index in [0.29, 0.717) is 11.7 Å². The van der Waals surface area contributed by atoms with E-state index in [9.17, 15) is 4.79 Å². The minimum absolute atomic E-state index is 0.416. The van der Waals surface area contributed by atoms with Gasteiger partial charge in [-0.15, -0.1) is 0 Å². The van der Waals surface area contributed by atoms with Crippen molar-refractivity contribution in [3.05, 3.63) is 24.0 Å². The van der Waals surface area contributed by atoms with Crippen molar-refractivity contribution >= 4 is 5.97 Å².